The van der Waals surface area contributed by atoms with Crippen LogP contribution in [0.2, 0.25) is 0 Å². The van der Waals surface area contributed by atoms with Gasteiger partial charge in [-0.15, -0.1) is 0 Å². The summed E-state index contributed by atoms with van der Waals surface area (Å²) >= 11 is 0. The minimum Gasteiger partial charge on any atom is -0.372 e. The van der Waals surface area contributed by atoms with E-state index < -0.39 is 0 Å². The molecule has 1 amide bonds. The van der Waals surface area contributed by atoms with Crippen molar-refractivity contribution in [2.75, 3.05) is 44.2 Å². The van der Waals surface area contributed by atoms with E-state index in [2.05, 4.69) is 39.0 Å². The van der Waals surface area contributed by atoms with E-state index in [0.717, 1.165) is 43.6 Å². The lowest BCUT2D eigenvalue weighted by molar-refractivity contribution is 0.0645. The Hall–Kier alpha value is -3.84. The molecule has 0 N–H and O–H groups in total. The largest absolute Gasteiger partial charge is 0.372 e. The Kier molecular flexibility index (Phi) is 9.51. The van der Waals surface area contributed by atoms with Gasteiger partial charge in [-0.2, -0.15) is 0 Å². The molecule has 0 unspecified atom stereocenters. The van der Waals surface area contributed by atoms with Crippen molar-refractivity contribution in [1.29, 1.82) is 0 Å². The Bertz CT molecular complexity index is 1430. The fourth-order valence-corrected chi connectivity index (χ4v) is 6.92. The maximum atomic E-state index is 13.1. The van der Waals surface area contributed by atoms with Gasteiger partial charge < -0.3 is 9.80 Å². The highest BCUT2D eigenvalue weighted by Crippen LogP contribution is 2.26. The number of piperidine rings is 2. The van der Waals surface area contributed by atoms with Crippen molar-refractivity contribution >= 4 is 23.2 Å². The molecule has 7 nitrogen and oxygen atoms in total. The Labute approximate surface area is 261 Å². The number of aryl methyl sites for hydroxylation is 1. The van der Waals surface area contributed by atoms with Crippen molar-refractivity contribution in [3.8, 4) is 0 Å². The minimum absolute atomic E-state index is 0.0623. The van der Waals surface area contributed by atoms with Gasteiger partial charge >= 0.3 is 0 Å². The molecule has 7 heteroatoms. The third kappa shape index (κ3) is 7.27. The van der Waals surface area contributed by atoms with Crippen molar-refractivity contribution in [3.05, 3.63) is 94.8 Å². The third-order valence-corrected chi connectivity index (χ3v) is 9.79. The molecule has 2 aromatic carbocycles. The van der Waals surface area contributed by atoms with Crippen LogP contribution in [0.5, 0.6) is 0 Å². The lowest BCUT2D eigenvalue weighted by Gasteiger charge is -2.32. The van der Waals surface area contributed by atoms with Crippen molar-refractivity contribution in [2.24, 2.45) is 11.8 Å². The molecule has 0 saturated carbocycles. The van der Waals surface area contributed by atoms with E-state index in [-0.39, 0.29) is 23.4 Å². The van der Waals surface area contributed by atoms with Crippen LogP contribution in [0, 0.1) is 18.8 Å². The van der Waals surface area contributed by atoms with Gasteiger partial charge in [0.25, 0.3) is 5.91 Å². The van der Waals surface area contributed by atoms with Gasteiger partial charge in [0.2, 0.25) is 0 Å². The Morgan fingerprint density at radius 3 is 2.05 bits per heavy atom. The normalized spacial score (nSPS) is 18.5. The van der Waals surface area contributed by atoms with Crippen LogP contribution in [0.1, 0.15) is 87.3 Å². The number of amides is 1. The van der Waals surface area contributed by atoms with Crippen molar-refractivity contribution in [1.82, 2.24) is 14.8 Å². The molecule has 3 aliphatic heterocycles. The predicted molar refractivity (Wildman–Crippen MR) is 173 cm³/mol. The van der Waals surface area contributed by atoms with Crippen LogP contribution in [-0.2, 0) is 6.54 Å². The average molecular weight is 593 g/mol. The van der Waals surface area contributed by atoms with Crippen LogP contribution < -0.4 is 4.90 Å². The van der Waals surface area contributed by atoms with Gasteiger partial charge in [0.1, 0.15) is 5.69 Å². The van der Waals surface area contributed by atoms with E-state index >= 15 is 0 Å². The fourth-order valence-electron chi connectivity index (χ4n) is 6.92. The van der Waals surface area contributed by atoms with Crippen LogP contribution in [0.4, 0.5) is 5.69 Å². The number of ketones is 2. The van der Waals surface area contributed by atoms with Gasteiger partial charge in [-0.05, 0) is 94.3 Å². The van der Waals surface area contributed by atoms with Crippen LogP contribution in [0.25, 0.3) is 0 Å². The molecule has 4 heterocycles. The standard InChI is InChI=1S/C37H44N4O3/c1-27-4-8-30(9-5-27)36(43)31-16-22-41(23-17-31)37(44)34-13-10-32(25-38-34)35(42)24-28-14-20-39(21-15-28)26-29-6-11-33(12-7-29)40-18-2-3-19-40/h4-13,25,28,31H,2-3,14-24,26H2,1H3. The zero-order valence-electron chi connectivity index (χ0n) is 25.9. The first kappa shape index (κ1) is 30.2. The van der Waals surface area contributed by atoms with E-state index in [0.29, 0.717) is 49.5 Å². The molecule has 1 aromatic heterocycles. The second-order valence-corrected chi connectivity index (χ2v) is 12.9. The number of Topliss-reactive ketones (excluding diaryl/α,β-unsaturated/α-hetero) is 2. The molecule has 0 aliphatic carbocycles. The molecular formula is C37H44N4O3. The summed E-state index contributed by atoms with van der Waals surface area (Å²) < 4.78 is 0. The molecule has 6 rings (SSSR count). The SMILES string of the molecule is Cc1ccc(C(=O)C2CCN(C(=O)c3ccc(C(=O)CC4CCN(Cc5ccc(N6CCCC6)cc5)CC4)cn3)CC2)cc1. The summed E-state index contributed by atoms with van der Waals surface area (Å²) in [4.78, 5) is 50.2. The zero-order chi connectivity index (χ0) is 30.5. The van der Waals surface area contributed by atoms with Gasteiger partial charge in [0, 0.05) is 68.1 Å². The van der Waals surface area contributed by atoms with Gasteiger partial charge in [0.05, 0.1) is 0 Å². The van der Waals surface area contributed by atoms with E-state index in [1.807, 2.05) is 31.2 Å². The molecule has 0 radical (unpaired) electrons. The number of aromatic nitrogens is 1. The highest BCUT2D eigenvalue weighted by atomic mass is 16.2. The summed E-state index contributed by atoms with van der Waals surface area (Å²) in [5.74, 6) is 0.437. The summed E-state index contributed by atoms with van der Waals surface area (Å²) in [6.45, 7) is 8.38. The number of benzene rings is 2. The van der Waals surface area contributed by atoms with E-state index in [9.17, 15) is 14.4 Å². The van der Waals surface area contributed by atoms with E-state index in [1.165, 1.54) is 37.2 Å². The Morgan fingerprint density at radius 1 is 0.750 bits per heavy atom. The first-order valence-electron chi connectivity index (χ1n) is 16.4. The summed E-state index contributed by atoms with van der Waals surface area (Å²) in [5, 5.41) is 0. The number of pyridine rings is 1. The second kappa shape index (κ2) is 13.9. The quantitative estimate of drug-likeness (QED) is 0.275. The number of hydrogen-bond acceptors (Lipinski definition) is 6. The van der Waals surface area contributed by atoms with E-state index in [4.69, 9.17) is 0 Å². The maximum absolute atomic E-state index is 13.1. The first-order valence-corrected chi connectivity index (χ1v) is 16.4. The zero-order valence-corrected chi connectivity index (χ0v) is 25.9. The summed E-state index contributed by atoms with van der Waals surface area (Å²) in [7, 11) is 0. The van der Waals surface area contributed by atoms with Gasteiger partial charge in [-0.1, -0.05) is 42.0 Å². The maximum Gasteiger partial charge on any atom is 0.272 e. The lowest BCUT2D eigenvalue weighted by Crippen LogP contribution is -2.40. The van der Waals surface area contributed by atoms with Crippen molar-refractivity contribution < 1.29 is 14.4 Å². The number of likely N-dealkylation sites (tertiary alicyclic amines) is 2. The molecule has 3 aromatic rings. The van der Waals surface area contributed by atoms with Gasteiger partial charge in [-0.25, -0.2) is 0 Å². The van der Waals surface area contributed by atoms with Crippen LogP contribution in [0.15, 0.2) is 66.9 Å². The van der Waals surface area contributed by atoms with Crippen LogP contribution >= 0.6 is 0 Å². The molecule has 44 heavy (non-hydrogen) atoms. The molecule has 0 bridgehead atoms. The first-order chi connectivity index (χ1) is 21.4. The number of carbonyl (C=O) groups is 3. The highest BCUT2D eigenvalue weighted by Gasteiger charge is 2.29. The smallest absolute Gasteiger partial charge is 0.272 e. The van der Waals surface area contributed by atoms with Gasteiger partial charge in [-0.3, -0.25) is 24.3 Å². The average Bonchev–Trinajstić information content (AvgIpc) is 3.61. The fraction of sp³-hybridized carbons (Fsp3) is 0.459. The Balaban J connectivity index is 0.933. The van der Waals surface area contributed by atoms with Crippen LogP contribution in [0.3, 0.4) is 0 Å². The number of carbonyl (C=O) groups excluding carboxylic acids is 3. The third-order valence-electron chi connectivity index (χ3n) is 9.79. The Morgan fingerprint density at radius 2 is 1.41 bits per heavy atom. The number of hydrogen-bond donors (Lipinski definition) is 0. The molecule has 0 spiro atoms. The molecule has 0 atom stereocenters. The van der Waals surface area contributed by atoms with Crippen molar-refractivity contribution in [3.63, 3.8) is 0 Å². The van der Waals surface area contributed by atoms with E-state index in [1.54, 1.807) is 23.2 Å². The molecule has 3 saturated heterocycles. The summed E-state index contributed by atoms with van der Waals surface area (Å²) in [6, 6.07) is 20.2. The van der Waals surface area contributed by atoms with Crippen molar-refractivity contribution in [2.45, 2.75) is 58.4 Å². The van der Waals surface area contributed by atoms with Crippen LogP contribution in [-0.4, -0.2) is 71.5 Å². The topological polar surface area (TPSA) is 73.8 Å². The highest BCUT2D eigenvalue weighted by molar-refractivity contribution is 5.99. The summed E-state index contributed by atoms with van der Waals surface area (Å²) in [5.41, 5.74) is 5.49. The molecule has 3 aliphatic rings. The predicted octanol–water partition coefficient (Wildman–Crippen LogP) is 6.21. The molecule has 3 fully saturated rings. The monoisotopic (exact) mass is 592 g/mol. The number of rotatable bonds is 9. The summed E-state index contributed by atoms with van der Waals surface area (Å²) in [6.07, 6.45) is 8.01. The second-order valence-electron chi connectivity index (χ2n) is 12.9. The number of nitrogens with zero attached hydrogens (tertiary/aromatic N) is 4. The minimum atomic E-state index is -0.136. The lowest BCUT2D eigenvalue weighted by atomic mass is 9.88. The molecule has 230 valence electrons. The number of anilines is 1. The molecular weight excluding hydrogens is 548 g/mol. The van der Waals surface area contributed by atoms with Gasteiger partial charge in [0.15, 0.2) is 11.6 Å².